The first-order chi connectivity index (χ1) is 24.1. The molecule has 51 heavy (non-hydrogen) atoms. The summed E-state index contributed by atoms with van der Waals surface area (Å²) in [7, 11) is -2.43. The molecule has 0 fully saturated rings. The van der Waals surface area contributed by atoms with E-state index in [2.05, 4.69) is 10.0 Å². The third-order valence-electron chi connectivity index (χ3n) is 8.62. The van der Waals surface area contributed by atoms with E-state index in [1.165, 1.54) is 53.2 Å². The van der Waals surface area contributed by atoms with Crippen molar-refractivity contribution in [3.05, 3.63) is 83.9 Å². The molecule has 278 valence electrons. The van der Waals surface area contributed by atoms with Crippen LogP contribution < -0.4 is 14.8 Å². The van der Waals surface area contributed by atoms with E-state index < -0.39 is 45.8 Å². The molecular weight excluding hydrogens is 689 g/mol. The van der Waals surface area contributed by atoms with Crippen molar-refractivity contribution in [2.24, 2.45) is 5.92 Å². The number of benzene rings is 3. The normalized spacial score (nSPS) is 20.0. The summed E-state index contributed by atoms with van der Waals surface area (Å²) >= 11 is 0. The number of nitrogens with one attached hydrogen (secondary N) is 2. The summed E-state index contributed by atoms with van der Waals surface area (Å²) in [6.45, 7) is 5.58. The fourth-order valence-corrected chi connectivity index (χ4v) is 6.65. The molecule has 0 saturated heterocycles. The maximum absolute atomic E-state index is 14.3. The number of aliphatic hydroxyl groups is 1. The summed E-state index contributed by atoms with van der Waals surface area (Å²) < 4.78 is 80.2. The van der Waals surface area contributed by atoms with Crippen LogP contribution in [0.3, 0.4) is 0 Å². The van der Waals surface area contributed by atoms with Crippen LogP contribution in [-0.2, 0) is 20.9 Å². The van der Waals surface area contributed by atoms with Crippen LogP contribution in [-0.4, -0.2) is 86.9 Å². The molecule has 3 amide bonds. The van der Waals surface area contributed by atoms with Crippen LogP contribution in [0.5, 0.6) is 5.75 Å². The van der Waals surface area contributed by atoms with Crippen molar-refractivity contribution in [1.29, 1.82) is 0 Å². The Kier molecular flexibility index (Phi) is 13.3. The molecule has 3 aromatic carbocycles. The second-order valence-electron chi connectivity index (χ2n) is 12.8. The number of alkyl halides is 3. The lowest BCUT2D eigenvalue weighted by Gasteiger charge is -2.35. The fourth-order valence-electron chi connectivity index (χ4n) is 5.58. The van der Waals surface area contributed by atoms with Crippen molar-refractivity contribution in [2.75, 3.05) is 43.4 Å². The molecule has 1 aliphatic rings. The number of anilines is 2. The number of aliphatic hydroxyl groups excluding tert-OH is 1. The number of carbonyl (C=O) groups excluding carboxylic acids is 2. The smallest absolute Gasteiger partial charge is 0.416 e. The maximum atomic E-state index is 14.3. The average molecular weight is 735 g/mol. The predicted octanol–water partition coefficient (Wildman–Crippen LogP) is 6.47. The standard InChI is InChI=1S/C36H45F3N4O7S/c1-24-21-43(25(2)23-44)34(45)31-20-29(41-51(47,48)30-11-6-5-7-12-30)17-18-32(31)50-26(3)10-8-9-19-49-33(24)22-42(4)35(46)40-28-15-13-27(14-16-28)36(37,38)39/h5-7,11-18,20,24-26,33,41,44H,8-10,19,21-23H2,1-4H3,(H,40,46)/t24-,25+,26+,33-/m0/s1. The van der Waals surface area contributed by atoms with E-state index in [0.717, 1.165) is 18.6 Å². The van der Waals surface area contributed by atoms with E-state index in [4.69, 9.17) is 9.47 Å². The van der Waals surface area contributed by atoms with Gasteiger partial charge in [0, 0.05) is 44.0 Å². The summed E-state index contributed by atoms with van der Waals surface area (Å²) in [5, 5.41) is 12.8. The Morgan fingerprint density at radius 1 is 1.04 bits per heavy atom. The van der Waals surface area contributed by atoms with Crippen LogP contribution in [0.25, 0.3) is 0 Å². The van der Waals surface area contributed by atoms with E-state index >= 15 is 0 Å². The molecule has 0 unspecified atom stereocenters. The zero-order valence-electron chi connectivity index (χ0n) is 29.0. The third-order valence-corrected chi connectivity index (χ3v) is 10.0. The molecule has 0 bridgehead atoms. The molecule has 0 saturated carbocycles. The Morgan fingerprint density at radius 2 is 1.71 bits per heavy atom. The lowest BCUT2D eigenvalue weighted by Crippen LogP contribution is -2.48. The number of amides is 3. The first kappa shape index (κ1) is 39.4. The van der Waals surface area contributed by atoms with Crippen LogP contribution in [0.1, 0.15) is 56.0 Å². The van der Waals surface area contributed by atoms with Gasteiger partial charge in [-0.1, -0.05) is 25.1 Å². The number of ether oxygens (including phenoxy) is 2. The van der Waals surface area contributed by atoms with Crippen LogP contribution in [0.4, 0.5) is 29.3 Å². The van der Waals surface area contributed by atoms with Crippen molar-refractivity contribution in [3.8, 4) is 5.75 Å². The first-order valence-electron chi connectivity index (χ1n) is 16.7. The lowest BCUT2D eigenvalue weighted by atomic mass is 10.0. The number of hydrogen-bond acceptors (Lipinski definition) is 7. The van der Waals surface area contributed by atoms with E-state index in [1.54, 1.807) is 31.2 Å². The second-order valence-corrected chi connectivity index (χ2v) is 14.5. The van der Waals surface area contributed by atoms with Crippen LogP contribution in [0.2, 0.25) is 0 Å². The highest BCUT2D eigenvalue weighted by Gasteiger charge is 2.32. The van der Waals surface area contributed by atoms with Crippen molar-refractivity contribution >= 4 is 33.3 Å². The number of urea groups is 1. The Morgan fingerprint density at radius 3 is 2.35 bits per heavy atom. The quantitative estimate of drug-likeness (QED) is 0.242. The summed E-state index contributed by atoms with van der Waals surface area (Å²) in [6, 6.07) is 15.2. The van der Waals surface area contributed by atoms with Gasteiger partial charge in [-0.05, 0) is 87.7 Å². The Balaban J connectivity index is 1.59. The topological polar surface area (TPSA) is 138 Å². The molecule has 11 nitrogen and oxygen atoms in total. The molecule has 0 radical (unpaired) electrons. The van der Waals surface area contributed by atoms with Crippen molar-refractivity contribution in [2.45, 2.75) is 69.4 Å². The van der Waals surface area contributed by atoms with Gasteiger partial charge in [-0.25, -0.2) is 13.2 Å². The minimum Gasteiger partial charge on any atom is -0.490 e. The summed E-state index contributed by atoms with van der Waals surface area (Å²) in [4.78, 5) is 30.3. The van der Waals surface area contributed by atoms with Crippen molar-refractivity contribution < 1.29 is 45.8 Å². The Bertz CT molecular complexity index is 1730. The zero-order valence-corrected chi connectivity index (χ0v) is 29.8. The second kappa shape index (κ2) is 17.2. The van der Waals surface area contributed by atoms with Gasteiger partial charge in [0.25, 0.3) is 15.9 Å². The SMILES string of the molecule is C[C@@H]1CCCCO[C@@H](CN(C)C(=O)Nc2ccc(C(F)(F)F)cc2)[C@@H](C)CN([C@H](C)CO)C(=O)c2cc(NS(=O)(=O)c3ccccc3)ccc2O1. The van der Waals surface area contributed by atoms with Gasteiger partial charge in [-0.2, -0.15) is 13.2 Å². The number of sulfonamides is 1. The molecule has 4 rings (SSSR count). The van der Waals surface area contributed by atoms with Gasteiger partial charge in [0.15, 0.2) is 0 Å². The van der Waals surface area contributed by atoms with Gasteiger partial charge in [-0.3, -0.25) is 9.52 Å². The van der Waals surface area contributed by atoms with Gasteiger partial charge in [-0.15, -0.1) is 0 Å². The number of carbonyl (C=O) groups is 2. The van der Waals surface area contributed by atoms with Crippen molar-refractivity contribution in [1.82, 2.24) is 9.80 Å². The lowest BCUT2D eigenvalue weighted by molar-refractivity contribution is -0.137. The number of likely N-dealkylation sites (N-methyl/N-ethyl adjacent to an activating group) is 1. The molecule has 15 heteroatoms. The molecule has 0 aromatic heterocycles. The van der Waals surface area contributed by atoms with Crippen LogP contribution in [0.15, 0.2) is 77.7 Å². The highest BCUT2D eigenvalue weighted by Crippen LogP contribution is 2.31. The number of fused-ring (bicyclic) bond motifs is 1. The highest BCUT2D eigenvalue weighted by molar-refractivity contribution is 7.92. The van der Waals surface area contributed by atoms with E-state index in [9.17, 15) is 36.3 Å². The number of hydrogen-bond donors (Lipinski definition) is 3. The fraction of sp³-hybridized carbons (Fsp3) is 0.444. The highest BCUT2D eigenvalue weighted by atomic mass is 32.2. The minimum atomic E-state index is -4.50. The monoisotopic (exact) mass is 734 g/mol. The van der Waals surface area contributed by atoms with Crippen LogP contribution in [0, 0.1) is 5.92 Å². The zero-order chi connectivity index (χ0) is 37.3. The van der Waals surface area contributed by atoms with Gasteiger partial charge in [0.1, 0.15) is 5.75 Å². The van der Waals surface area contributed by atoms with E-state index in [-0.39, 0.29) is 59.3 Å². The van der Waals surface area contributed by atoms with Crippen molar-refractivity contribution in [3.63, 3.8) is 0 Å². The Hall–Kier alpha value is -4.34. The first-order valence-corrected chi connectivity index (χ1v) is 18.2. The summed E-state index contributed by atoms with van der Waals surface area (Å²) in [5.41, 5.74) is -0.394. The number of halogens is 3. The summed E-state index contributed by atoms with van der Waals surface area (Å²) in [5.74, 6) is -0.617. The molecule has 1 heterocycles. The van der Waals surface area contributed by atoms with Gasteiger partial charge >= 0.3 is 12.2 Å². The van der Waals surface area contributed by atoms with E-state index in [1.807, 2.05) is 13.8 Å². The number of rotatable bonds is 8. The average Bonchev–Trinajstić information content (AvgIpc) is 3.09. The molecule has 3 N–H and O–H groups in total. The molecule has 0 aliphatic carbocycles. The van der Waals surface area contributed by atoms with Gasteiger partial charge < -0.3 is 29.7 Å². The Labute approximate surface area is 296 Å². The van der Waals surface area contributed by atoms with Crippen LogP contribution >= 0.6 is 0 Å². The largest absolute Gasteiger partial charge is 0.490 e. The predicted molar refractivity (Wildman–Crippen MR) is 187 cm³/mol. The minimum absolute atomic E-state index is 0.0506. The molecule has 1 aliphatic heterocycles. The third kappa shape index (κ3) is 10.8. The van der Waals surface area contributed by atoms with E-state index in [0.29, 0.717) is 19.4 Å². The molecule has 0 spiro atoms. The summed E-state index contributed by atoms with van der Waals surface area (Å²) in [6.07, 6.45) is -3.33. The molecular formula is C36H45F3N4O7S. The van der Waals surface area contributed by atoms with Gasteiger partial charge in [0.2, 0.25) is 0 Å². The van der Waals surface area contributed by atoms with Gasteiger partial charge in [0.05, 0.1) is 40.9 Å². The molecule has 4 atom stereocenters. The maximum Gasteiger partial charge on any atom is 0.416 e. The molecule has 3 aromatic rings. The number of nitrogens with zero attached hydrogens (tertiary/aromatic N) is 2.